The van der Waals surface area contributed by atoms with E-state index in [0.717, 1.165) is 16.7 Å². The number of carbonyl (C=O) groups is 3. The minimum absolute atomic E-state index is 0.147. The van der Waals surface area contributed by atoms with Crippen LogP contribution in [0, 0.1) is 0 Å². The standard InChI is InChI=1S/C30H28Cl2N4O3/c1-2-36-25-18-35(29(38)27(25)28(34-30(36)39)23-13-12-22(31)16-24(23)32)15-14-26(37)33-17-19-8-10-21(11-9-19)20-6-4-3-5-7-20/h3-13,16,28H,2,14-15,17-18H2,1H3,(H,33,37)(H,34,39)/t28-/m0/s1. The summed E-state index contributed by atoms with van der Waals surface area (Å²) in [5.41, 5.74) is 4.95. The zero-order valence-electron chi connectivity index (χ0n) is 21.4. The lowest BCUT2D eigenvalue weighted by Gasteiger charge is -2.33. The van der Waals surface area contributed by atoms with Gasteiger partial charge in [0.1, 0.15) is 0 Å². The Bertz CT molecular complexity index is 1440. The van der Waals surface area contributed by atoms with Crippen molar-refractivity contribution in [2.75, 3.05) is 19.6 Å². The number of carbonyl (C=O) groups excluding carboxylic acids is 3. The van der Waals surface area contributed by atoms with E-state index in [-0.39, 0.29) is 37.4 Å². The van der Waals surface area contributed by atoms with Crippen LogP contribution in [0.4, 0.5) is 4.79 Å². The SMILES string of the molecule is CCN1C(=O)N[C@@H](c2ccc(Cl)cc2Cl)C2=C1CN(CCC(=O)NCc1ccc(-c3ccccc3)cc1)C2=O. The highest BCUT2D eigenvalue weighted by Gasteiger charge is 2.44. The molecule has 2 heterocycles. The second-order valence-electron chi connectivity index (χ2n) is 9.47. The van der Waals surface area contributed by atoms with Crippen LogP contribution in [0.2, 0.25) is 10.0 Å². The molecule has 4 amide bonds. The highest BCUT2D eigenvalue weighted by molar-refractivity contribution is 6.35. The lowest BCUT2D eigenvalue weighted by molar-refractivity contribution is -0.127. The fourth-order valence-electron chi connectivity index (χ4n) is 5.00. The summed E-state index contributed by atoms with van der Waals surface area (Å²) >= 11 is 12.5. The Balaban J connectivity index is 1.21. The Morgan fingerprint density at radius 3 is 2.41 bits per heavy atom. The number of benzene rings is 3. The molecule has 0 spiro atoms. The molecule has 0 saturated heterocycles. The molecule has 0 radical (unpaired) electrons. The zero-order valence-corrected chi connectivity index (χ0v) is 22.9. The van der Waals surface area contributed by atoms with E-state index < -0.39 is 6.04 Å². The number of amides is 4. The van der Waals surface area contributed by atoms with Crippen LogP contribution in [-0.2, 0) is 16.1 Å². The molecular weight excluding hydrogens is 535 g/mol. The minimum Gasteiger partial charge on any atom is -0.352 e. The molecule has 5 rings (SSSR count). The van der Waals surface area contributed by atoms with Crippen LogP contribution in [0.3, 0.4) is 0 Å². The average Bonchev–Trinajstić information content (AvgIpc) is 3.27. The van der Waals surface area contributed by atoms with Gasteiger partial charge in [-0.1, -0.05) is 83.9 Å². The Kier molecular flexibility index (Phi) is 7.91. The summed E-state index contributed by atoms with van der Waals surface area (Å²) in [7, 11) is 0. The largest absolute Gasteiger partial charge is 0.352 e. The van der Waals surface area contributed by atoms with Gasteiger partial charge in [0.05, 0.1) is 23.9 Å². The molecule has 0 aliphatic carbocycles. The first-order valence-corrected chi connectivity index (χ1v) is 13.6. The number of rotatable bonds is 8. The molecule has 0 bridgehead atoms. The maximum absolute atomic E-state index is 13.5. The van der Waals surface area contributed by atoms with E-state index >= 15 is 0 Å². The number of urea groups is 1. The van der Waals surface area contributed by atoms with Crippen LogP contribution in [-0.4, -0.2) is 47.3 Å². The van der Waals surface area contributed by atoms with Crippen LogP contribution in [0.5, 0.6) is 0 Å². The van der Waals surface area contributed by atoms with Crippen molar-refractivity contribution in [3.8, 4) is 11.1 Å². The summed E-state index contributed by atoms with van der Waals surface area (Å²) in [5.74, 6) is -0.373. The molecule has 200 valence electrons. The van der Waals surface area contributed by atoms with Gasteiger partial charge in [0, 0.05) is 36.1 Å². The number of nitrogens with one attached hydrogen (secondary N) is 2. The molecule has 9 heteroatoms. The molecule has 2 aliphatic rings. The van der Waals surface area contributed by atoms with Crippen molar-refractivity contribution in [3.63, 3.8) is 0 Å². The van der Waals surface area contributed by atoms with E-state index in [4.69, 9.17) is 23.2 Å². The molecular formula is C30H28Cl2N4O3. The molecule has 0 saturated carbocycles. The monoisotopic (exact) mass is 562 g/mol. The Hall–Kier alpha value is -3.81. The quantitative estimate of drug-likeness (QED) is 0.377. The van der Waals surface area contributed by atoms with Crippen molar-refractivity contribution in [2.45, 2.75) is 25.9 Å². The van der Waals surface area contributed by atoms with Crippen molar-refractivity contribution in [1.29, 1.82) is 0 Å². The third kappa shape index (κ3) is 5.65. The molecule has 3 aromatic rings. The van der Waals surface area contributed by atoms with Gasteiger partial charge in [0.25, 0.3) is 5.91 Å². The van der Waals surface area contributed by atoms with Crippen molar-refractivity contribution in [3.05, 3.63) is 105 Å². The van der Waals surface area contributed by atoms with Crippen molar-refractivity contribution >= 4 is 41.0 Å². The Morgan fingerprint density at radius 2 is 1.72 bits per heavy atom. The van der Waals surface area contributed by atoms with Crippen LogP contribution >= 0.6 is 23.2 Å². The molecule has 1 atom stereocenters. The summed E-state index contributed by atoms with van der Waals surface area (Å²) in [5, 5.41) is 6.68. The van der Waals surface area contributed by atoms with Gasteiger partial charge in [-0.15, -0.1) is 0 Å². The van der Waals surface area contributed by atoms with Crippen molar-refractivity contribution in [1.82, 2.24) is 20.4 Å². The van der Waals surface area contributed by atoms with Crippen LogP contribution in [0.1, 0.15) is 30.5 Å². The van der Waals surface area contributed by atoms with Gasteiger partial charge >= 0.3 is 6.03 Å². The normalized spacial score (nSPS) is 16.8. The highest BCUT2D eigenvalue weighted by atomic mass is 35.5. The first-order valence-electron chi connectivity index (χ1n) is 12.8. The topological polar surface area (TPSA) is 81.8 Å². The zero-order chi connectivity index (χ0) is 27.5. The van der Waals surface area contributed by atoms with E-state index in [1.54, 1.807) is 28.0 Å². The van der Waals surface area contributed by atoms with Crippen molar-refractivity contribution < 1.29 is 14.4 Å². The summed E-state index contributed by atoms with van der Waals surface area (Å²) in [6.07, 6.45) is 0.147. The second-order valence-corrected chi connectivity index (χ2v) is 10.3. The smallest absolute Gasteiger partial charge is 0.322 e. The fraction of sp³-hybridized carbons (Fsp3) is 0.233. The van der Waals surface area contributed by atoms with Gasteiger partial charge in [-0.2, -0.15) is 0 Å². The predicted octanol–water partition coefficient (Wildman–Crippen LogP) is 5.55. The maximum Gasteiger partial charge on any atom is 0.322 e. The molecule has 39 heavy (non-hydrogen) atoms. The fourth-order valence-corrected chi connectivity index (χ4v) is 5.52. The second kappa shape index (κ2) is 11.5. The van der Waals surface area contributed by atoms with Gasteiger partial charge < -0.3 is 15.5 Å². The van der Waals surface area contributed by atoms with Crippen LogP contribution in [0.15, 0.2) is 84.1 Å². The van der Waals surface area contributed by atoms with Gasteiger partial charge in [-0.05, 0) is 41.3 Å². The lowest BCUT2D eigenvalue weighted by atomic mass is 9.95. The van der Waals surface area contributed by atoms with Crippen molar-refractivity contribution in [2.24, 2.45) is 0 Å². The molecule has 2 N–H and O–H groups in total. The summed E-state index contributed by atoms with van der Waals surface area (Å²) in [6.45, 7) is 3.15. The molecule has 2 aliphatic heterocycles. The average molecular weight is 563 g/mol. The third-order valence-electron chi connectivity index (χ3n) is 7.05. The summed E-state index contributed by atoms with van der Waals surface area (Å²) < 4.78 is 0. The van der Waals surface area contributed by atoms with E-state index in [0.29, 0.717) is 40.0 Å². The van der Waals surface area contributed by atoms with E-state index in [1.165, 1.54) is 0 Å². The van der Waals surface area contributed by atoms with Gasteiger partial charge in [-0.3, -0.25) is 14.5 Å². The van der Waals surface area contributed by atoms with E-state index in [2.05, 4.69) is 22.8 Å². The van der Waals surface area contributed by atoms with E-state index in [9.17, 15) is 14.4 Å². The van der Waals surface area contributed by atoms with Crippen LogP contribution < -0.4 is 10.6 Å². The van der Waals surface area contributed by atoms with Gasteiger partial charge in [0.15, 0.2) is 0 Å². The Labute approximate surface area is 237 Å². The van der Waals surface area contributed by atoms with Gasteiger partial charge in [0.2, 0.25) is 5.91 Å². The molecule has 7 nitrogen and oxygen atoms in total. The number of likely N-dealkylation sites (N-methyl/N-ethyl adjacent to an activating group) is 1. The number of hydrogen-bond acceptors (Lipinski definition) is 3. The lowest BCUT2D eigenvalue weighted by Crippen LogP contribution is -2.47. The first kappa shape index (κ1) is 26.8. The van der Waals surface area contributed by atoms with E-state index in [1.807, 2.05) is 49.4 Å². The summed E-state index contributed by atoms with van der Waals surface area (Å²) in [4.78, 5) is 42.2. The predicted molar refractivity (Wildman–Crippen MR) is 152 cm³/mol. The van der Waals surface area contributed by atoms with Gasteiger partial charge in [-0.25, -0.2) is 4.79 Å². The first-order chi connectivity index (χ1) is 18.9. The highest BCUT2D eigenvalue weighted by Crippen LogP contribution is 2.39. The number of hydrogen-bond donors (Lipinski definition) is 2. The molecule has 0 aromatic heterocycles. The third-order valence-corrected chi connectivity index (χ3v) is 7.61. The maximum atomic E-state index is 13.5. The summed E-state index contributed by atoms with van der Waals surface area (Å²) in [6, 6.07) is 22.2. The minimum atomic E-state index is -0.690. The Morgan fingerprint density at radius 1 is 1.00 bits per heavy atom. The molecule has 0 fully saturated rings. The molecule has 3 aromatic carbocycles. The van der Waals surface area contributed by atoms with Crippen LogP contribution in [0.25, 0.3) is 11.1 Å². The number of nitrogens with zero attached hydrogens (tertiary/aromatic N) is 2. The number of halogens is 2. The molecule has 0 unspecified atom stereocenters.